The molecule has 0 fully saturated rings. The molecule has 2 rings (SSSR count). The zero-order valence-electron chi connectivity index (χ0n) is 10.4. The van der Waals surface area contributed by atoms with Crippen molar-refractivity contribution in [3.8, 4) is 0 Å². The molecular weight excluding hydrogens is 196 g/mol. The van der Waals surface area contributed by atoms with Gasteiger partial charge in [0.05, 0.1) is 5.70 Å². The first kappa shape index (κ1) is 10.9. The number of aliphatic imine (C=N–C) groups is 1. The maximum absolute atomic E-state index is 4.46. The summed E-state index contributed by atoms with van der Waals surface area (Å²) in [7, 11) is 0. The molecule has 84 valence electrons. The fraction of sp³-hybridized carbons (Fsp3) is 0.357. The van der Waals surface area contributed by atoms with Crippen LogP contribution in [0.3, 0.4) is 0 Å². The second-order valence-electron chi connectivity index (χ2n) is 4.34. The summed E-state index contributed by atoms with van der Waals surface area (Å²) >= 11 is 0. The summed E-state index contributed by atoms with van der Waals surface area (Å²) in [5.41, 5.74) is 7.37. The summed E-state index contributed by atoms with van der Waals surface area (Å²) in [6.45, 7) is 8.50. The molecule has 0 aromatic carbocycles. The molecule has 0 saturated heterocycles. The number of hydrogen-bond donors (Lipinski definition) is 1. The van der Waals surface area contributed by atoms with E-state index in [1.54, 1.807) is 0 Å². The smallest absolute Gasteiger partial charge is 0.0682 e. The minimum atomic E-state index is 1.05. The number of H-pyrrole nitrogens is 1. The Morgan fingerprint density at radius 2 is 2.06 bits per heavy atom. The first-order chi connectivity index (χ1) is 7.61. The molecule has 2 nitrogen and oxygen atoms in total. The predicted octanol–water partition coefficient (Wildman–Crippen LogP) is 3.78. The standard InChI is InChI=1S/C14H18N2/c1-5-12-8-15-14(11(12)4)7-13-9(2)6-10(3)16-13/h6-8,16H,5H2,1-4H3/b14-7-. The van der Waals surface area contributed by atoms with Gasteiger partial charge >= 0.3 is 0 Å². The summed E-state index contributed by atoms with van der Waals surface area (Å²) in [6.07, 6.45) is 5.17. The normalized spacial score (nSPS) is 17.9. The molecule has 1 aromatic heterocycles. The highest BCUT2D eigenvalue weighted by atomic mass is 14.8. The second kappa shape index (κ2) is 4.12. The molecule has 0 aliphatic carbocycles. The molecule has 0 saturated carbocycles. The van der Waals surface area contributed by atoms with Gasteiger partial charge in [-0.25, -0.2) is 0 Å². The van der Waals surface area contributed by atoms with Crippen LogP contribution in [-0.2, 0) is 0 Å². The van der Waals surface area contributed by atoms with Crippen LogP contribution in [0, 0.1) is 13.8 Å². The number of rotatable bonds is 2. The van der Waals surface area contributed by atoms with Crippen LogP contribution in [0.15, 0.2) is 27.9 Å². The van der Waals surface area contributed by atoms with Gasteiger partial charge in [-0.15, -0.1) is 0 Å². The first-order valence-electron chi connectivity index (χ1n) is 5.74. The van der Waals surface area contributed by atoms with Gasteiger partial charge in [0.15, 0.2) is 0 Å². The van der Waals surface area contributed by atoms with E-state index < -0.39 is 0 Å². The van der Waals surface area contributed by atoms with E-state index in [4.69, 9.17) is 0 Å². The van der Waals surface area contributed by atoms with Crippen LogP contribution >= 0.6 is 0 Å². The third kappa shape index (κ3) is 1.87. The van der Waals surface area contributed by atoms with Gasteiger partial charge in [0.25, 0.3) is 0 Å². The molecule has 2 heteroatoms. The van der Waals surface area contributed by atoms with Crippen LogP contribution in [0.2, 0.25) is 0 Å². The van der Waals surface area contributed by atoms with Crippen LogP contribution in [0.4, 0.5) is 0 Å². The zero-order chi connectivity index (χ0) is 11.7. The first-order valence-corrected chi connectivity index (χ1v) is 5.74. The number of allylic oxidation sites excluding steroid dienone is 2. The van der Waals surface area contributed by atoms with Crippen molar-refractivity contribution in [2.75, 3.05) is 0 Å². The predicted molar refractivity (Wildman–Crippen MR) is 69.7 cm³/mol. The number of aromatic nitrogens is 1. The lowest BCUT2D eigenvalue weighted by Crippen LogP contribution is -1.84. The number of hydrogen-bond acceptors (Lipinski definition) is 1. The van der Waals surface area contributed by atoms with E-state index in [9.17, 15) is 0 Å². The molecule has 1 aliphatic heterocycles. The lowest BCUT2D eigenvalue weighted by Gasteiger charge is -1.99. The minimum Gasteiger partial charge on any atom is -0.359 e. The number of nitrogens with zero attached hydrogens (tertiary/aromatic N) is 1. The zero-order valence-corrected chi connectivity index (χ0v) is 10.4. The summed E-state index contributed by atoms with van der Waals surface area (Å²) < 4.78 is 0. The van der Waals surface area contributed by atoms with E-state index in [2.05, 4.69) is 49.8 Å². The molecular formula is C14H18N2. The molecule has 0 bridgehead atoms. The van der Waals surface area contributed by atoms with Crippen LogP contribution < -0.4 is 0 Å². The topological polar surface area (TPSA) is 28.1 Å². The highest BCUT2D eigenvalue weighted by molar-refractivity contribution is 5.87. The lowest BCUT2D eigenvalue weighted by atomic mass is 10.1. The average Bonchev–Trinajstić information content (AvgIpc) is 2.73. The van der Waals surface area contributed by atoms with Gasteiger partial charge in [-0.1, -0.05) is 6.92 Å². The minimum absolute atomic E-state index is 1.05. The fourth-order valence-electron chi connectivity index (χ4n) is 2.04. The Kier molecular flexibility index (Phi) is 2.82. The quantitative estimate of drug-likeness (QED) is 0.776. The van der Waals surface area contributed by atoms with E-state index in [1.165, 1.54) is 28.1 Å². The van der Waals surface area contributed by atoms with Crippen molar-refractivity contribution in [3.05, 3.63) is 39.9 Å². The maximum atomic E-state index is 4.46. The SMILES string of the molecule is CCC1=C(C)/C(=C/c2[nH]c(C)cc2C)N=C1. The van der Waals surface area contributed by atoms with Gasteiger partial charge in [-0.3, -0.25) is 4.99 Å². The molecule has 0 radical (unpaired) electrons. The van der Waals surface area contributed by atoms with Gasteiger partial charge in [0.1, 0.15) is 0 Å². The van der Waals surface area contributed by atoms with Crippen molar-refractivity contribution in [2.45, 2.75) is 34.1 Å². The highest BCUT2D eigenvalue weighted by Crippen LogP contribution is 2.25. The summed E-state index contributed by atoms with van der Waals surface area (Å²) in [6, 6.07) is 2.16. The highest BCUT2D eigenvalue weighted by Gasteiger charge is 2.11. The van der Waals surface area contributed by atoms with Crippen LogP contribution in [-0.4, -0.2) is 11.2 Å². The maximum Gasteiger partial charge on any atom is 0.0682 e. The Hall–Kier alpha value is -1.57. The Labute approximate surface area is 96.8 Å². The van der Waals surface area contributed by atoms with Crippen LogP contribution in [0.5, 0.6) is 0 Å². The number of aromatic amines is 1. The van der Waals surface area contributed by atoms with Crippen molar-refractivity contribution in [2.24, 2.45) is 4.99 Å². The molecule has 0 atom stereocenters. The van der Waals surface area contributed by atoms with Crippen molar-refractivity contribution >= 4 is 12.3 Å². The van der Waals surface area contributed by atoms with Gasteiger partial charge in [0.2, 0.25) is 0 Å². The molecule has 1 aliphatic rings. The lowest BCUT2D eigenvalue weighted by molar-refractivity contribution is 1.15. The molecule has 0 unspecified atom stereocenters. The fourth-order valence-corrected chi connectivity index (χ4v) is 2.04. The number of aryl methyl sites for hydroxylation is 2. The summed E-state index contributed by atoms with van der Waals surface area (Å²) in [5.74, 6) is 0. The van der Waals surface area contributed by atoms with Crippen molar-refractivity contribution in [1.82, 2.24) is 4.98 Å². The Morgan fingerprint density at radius 1 is 1.31 bits per heavy atom. The third-order valence-corrected chi connectivity index (χ3v) is 3.08. The largest absolute Gasteiger partial charge is 0.359 e. The van der Waals surface area contributed by atoms with E-state index in [0.717, 1.165) is 12.1 Å². The van der Waals surface area contributed by atoms with E-state index >= 15 is 0 Å². The monoisotopic (exact) mass is 214 g/mol. The molecule has 0 spiro atoms. The molecule has 2 heterocycles. The molecule has 1 N–H and O–H groups in total. The third-order valence-electron chi connectivity index (χ3n) is 3.08. The van der Waals surface area contributed by atoms with E-state index in [0.29, 0.717) is 0 Å². The van der Waals surface area contributed by atoms with E-state index in [-0.39, 0.29) is 0 Å². The molecule has 1 aromatic rings. The van der Waals surface area contributed by atoms with Crippen molar-refractivity contribution in [3.63, 3.8) is 0 Å². The Morgan fingerprint density at radius 3 is 2.56 bits per heavy atom. The second-order valence-corrected chi connectivity index (χ2v) is 4.34. The van der Waals surface area contributed by atoms with Gasteiger partial charge < -0.3 is 4.98 Å². The van der Waals surface area contributed by atoms with Crippen LogP contribution in [0.25, 0.3) is 6.08 Å². The van der Waals surface area contributed by atoms with Crippen molar-refractivity contribution in [1.29, 1.82) is 0 Å². The van der Waals surface area contributed by atoms with Crippen molar-refractivity contribution < 1.29 is 0 Å². The molecule has 0 amide bonds. The average molecular weight is 214 g/mol. The van der Waals surface area contributed by atoms with Gasteiger partial charge in [-0.05, 0) is 56.0 Å². The van der Waals surface area contributed by atoms with E-state index in [1.807, 2.05) is 6.21 Å². The number of nitrogens with one attached hydrogen (secondary N) is 1. The Bertz CT molecular complexity index is 499. The summed E-state index contributed by atoms with van der Waals surface area (Å²) in [4.78, 5) is 7.81. The Balaban J connectivity index is 2.37. The van der Waals surface area contributed by atoms with Crippen LogP contribution in [0.1, 0.15) is 37.2 Å². The van der Waals surface area contributed by atoms with Gasteiger partial charge in [0, 0.05) is 17.6 Å². The van der Waals surface area contributed by atoms with Gasteiger partial charge in [-0.2, -0.15) is 0 Å². The summed E-state index contributed by atoms with van der Waals surface area (Å²) in [5, 5.41) is 0. The molecule has 16 heavy (non-hydrogen) atoms.